The molecule has 130 valence electrons. The van der Waals surface area contributed by atoms with Crippen LogP contribution >= 0.6 is 7.60 Å². The second kappa shape index (κ2) is 9.11. The Morgan fingerprint density at radius 2 is 1.33 bits per heavy atom. The maximum Gasteiger partial charge on any atom is 0.339 e. The quantitative estimate of drug-likeness (QED) is 0.678. The lowest BCUT2D eigenvalue weighted by molar-refractivity contribution is 0.113. The van der Waals surface area contributed by atoms with E-state index in [-0.39, 0.29) is 13.2 Å². The molecule has 0 aliphatic heterocycles. The molecule has 2 atom stereocenters. The molecule has 2 aromatic rings. The van der Waals surface area contributed by atoms with Gasteiger partial charge in [0.15, 0.2) is 0 Å². The zero-order chi connectivity index (χ0) is 17.4. The van der Waals surface area contributed by atoms with E-state index in [1.165, 1.54) is 6.92 Å². The maximum absolute atomic E-state index is 13.2. The molecule has 0 radical (unpaired) electrons. The van der Waals surface area contributed by atoms with Gasteiger partial charge < -0.3 is 19.3 Å². The highest BCUT2D eigenvalue weighted by atomic mass is 31.2. The molecule has 6 heteroatoms. The van der Waals surface area contributed by atoms with E-state index in [1.54, 1.807) is 0 Å². The number of hydrogen-bond donors (Lipinski definition) is 2. The first-order chi connectivity index (χ1) is 11.5. The van der Waals surface area contributed by atoms with Gasteiger partial charge in [0.25, 0.3) is 0 Å². The molecule has 0 aromatic heterocycles. The van der Waals surface area contributed by atoms with E-state index in [9.17, 15) is 14.8 Å². The molecular formula is C18H23O5P. The molecule has 0 spiro atoms. The molecule has 0 bridgehead atoms. The third kappa shape index (κ3) is 5.26. The summed E-state index contributed by atoms with van der Waals surface area (Å²) in [5.74, 6) is 0. The Morgan fingerprint density at radius 1 is 0.917 bits per heavy atom. The number of rotatable bonds is 9. The van der Waals surface area contributed by atoms with Crippen molar-refractivity contribution in [3.05, 3.63) is 71.8 Å². The summed E-state index contributed by atoms with van der Waals surface area (Å²) >= 11 is 0. The van der Waals surface area contributed by atoms with Crippen LogP contribution in [0.1, 0.15) is 18.1 Å². The molecule has 2 rings (SSSR count). The zero-order valence-electron chi connectivity index (χ0n) is 13.6. The van der Waals surface area contributed by atoms with Gasteiger partial charge in [0.05, 0.1) is 25.9 Å². The van der Waals surface area contributed by atoms with Crippen LogP contribution in [0.25, 0.3) is 0 Å². The van der Waals surface area contributed by atoms with Crippen molar-refractivity contribution in [3.63, 3.8) is 0 Å². The SMILES string of the molecule is CC(O)C(CO)P(=O)(OCc1ccccc1)OCc1ccccc1. The van der Waals surface area contributed by atoms with Crippen LogP contribution in [0.5, 0.6) is 0 Å². The predicted molar refractivity (Wildman–Crippen MR) is 92.6 cm³/mol. The number of aliphatic hydroxyl groups is 2. The Hall–Kier alpha value is -1.49. The first-order valence-electron chi connectivity index (χ1n) is 7.81. The molecule has 2 unspecified atom stereocenters. The highest BCUT2D eigenvalue weighted by molar-refractivity contribution is 7.54. The summed E-state index contributed by atoms with van der Waals surface area (Å²) in [6, 6.07) is 18.5. The van der Waals surface area contributed by atoms with Crippen molar-refractivity contribution in [2.75, 3.05) is 6.61 Å². The Balaban J connectivity index is 2.12. The van der Waals surface area contributed by atoms with Crippen LogP contribution in [0.3, 0.4) is 0 Å². The smallest absolute Gasteiger partial charge is 0.339 e. The fourth-order valence-electron chi connectivity index (χ4n) is 2.22. The minimum Gasteiger partial charge on any atom is -0.395 e. The molecule has 0 fully saturated rings. The van der Waals surface area contributed by atoms with Gasteiger partial charge in [0, 0.05) is 0 Å². The monoisotopic (exact) mass is 350 g/mol. The van der Waals surface area contributed by atoms with E-state index in [4.69, 9.17) is 9.05 Å². The summed E-state index contributed by atoms with van der Waals surface area (Å²) in [6.07, 6.45) is -1.02. The van der Waals surface area contributed by atoms with Crippen LogP contribution < -0.4 is 0 Å². The van der Waals surface area contributed by atoms with Gasteiger partial charge >= 0.3 is 7.60 Å². The van der Waals surface area contributed by atoms with Crippen molar-refractivity contribution >= 4 is 7.60 Å². The fraction of sp³-hybridized carbons (Fsp3) is 0.333. The molecule has 0 amide bonds. The van der Waals surface area contributed by atoms with Crippen molar-refractivity contribution in [1.29, 1.82) is 0 Å². The van der Waals surface area contributed by atoms with Gasteiger partial charge in [-0.1, -0.05) is 60.7 Å². The standard InChI is InChI=1S/C18H23O5P/c1-15(20)18(12-19)24(21,22-13-16-8-4-2-5-9-16)23-14-17-10-6-3-7-11-17/h2-11,15,18-20H,12-14H2,1H3. The van der Waals surface area contributed by atoms with E-state index in [2.05, 4.69) is 0 Å². The van der Waals surface area contributed by atoms with Crippen molar-refractivity contribution in [1.82, 2.24) is 0 Å². The summed E-state index contributed by atoms with van der Waals surface area (Å²) in [5.41, 5.74) is 0.677. The Labute approximate surface area is 142 Å². The van der Waals surface area contributed by atoms with Gasteiger partial charge in [-0.3, -0.25) is 4.57 Å². The number of hydrogen-bond acceptors (Lipinski definition) is 5. The lowest BCUT2D eigenvalue weighted by Gasteiger charge is -2.27. The summed E-state index contributed by atoms with van der Waals surface area (Å²) in [6.45, 7) is 1.13. The van der Waals surface area contributed by atoms with Gasteiger partial charge in [-0.25, -0.2) is 0 Å². The Morgan fingerprint density at radius 3 is 1.67 bits per heavy atom. The molecule has 2 N–H and O–H groups in total. The van der Waals surface area contributed by atoms with Crippen LogP contribution in [0.2, 0.25) is 0 Å². The molecule has 5 nitrogen and oxygen atoms in total. The number of benzene rings is 2. The third-order valence-electron chi connectivity index (χ3n) is 3.66. The van der Waals surface area contributed by atoms with Crippen molar-refractivity contribution in [3.8, 4) is 0 Å². The topological polar surface area (TPSA) is 76.0 Å². The molecule has 24 heavy (non-hydrogen) atoms. The molecule has 2 aromatic carbocycles. The van der Waals surface area contributed by atoms with Gasteiger partial charge in [-0.2, -0.15) is 0 Å². The third-order valence-corrected chi connectivity index (χ3v) is 6.04. The van der Waals surface area contributed by atoms with Gasteiger partial charge in [0.2, 0.25) is 0 Å². The summed E-state index contributed by atoms with van der Waals surface area (Å²) < 4.78 is 24.3. The predicted octanol–water partition coefficient (Wildman–Crippen LogP) is 3.35. The van der Waals surface area contributed by atoms with E-state index in [0.29, 0.717) is 0 Å². The molecular weight excluding hydrogens is 327 g/mol. The van der Waals surface area contributed by atoms with Crippen LogP contribution in [-0.2, 0) is 26.8 Å². The average molecular weight is 350 g/mol. The molecule has 0 heterocycles. The largest absolute Gasteiger partial charge is 0.395 e. The summed E-state index contributed by atoms with van der Waals surface area (Å²) in [7, 11) is -3.72. The van der Waals surface area contributed by atoms with Gasteiger partial charge in [-0.15, -0.1) is 0 Å². The van der Waals surface area contributed by atoms with E-state index in [0.717, 1.165) is 11.1 Å². The Kier molecular flexibility index (Phi) is 7.16. The lowest BCUT2D eigenvalue weighted by atomic mass is 10.2. The fourth-order valence-corrected chi connectivity index (χ4v) is 4.07. The lowest BCUT2D eigenvalue weighted by Crippen LogP contribution is -2.29. The first-order valence-corrected chi connectivity index (χ1v) is 9.42. The highest BCUT2D eigenvalue weighted by Gasteiger charge is 2.39. The normalized spacial score (nSPS) is 14.3. The summed E-state index contributed by atoms with van der Waals surface area (Å²) in [5, 5.41) is 19.4. The van der Waals surface area contributed by atoms with E-state index < -0.39 is 26.0 Å². The van der Waals surface area contributed by atoms with E-state index >= 15 is 0 Å². The second-order valence-electron chi connectivity index (χ2n) is 5.55. The molecule has 0 aliphatic carbocycles. The van der Waals surface area contributed by atoms with E-state index in [1.807, 2.05) is 60.7 Å². The van der Waals surface area contributed by atoms with Gasteiger partial charge in [-0.05, 0) is 18.1 Å². The van der Waals surface area contributed by atoms with Crippen LogP contribution in [-0.4, -0.2) is 28.6 Å². The minimum absolute atomic E-state index is 0.0795. The highest BCUT2D eigenvalue weighted by Crippen LogP contribution is 2.55. The van der Waals surface area contributed by atoms with Crippen LogP contribution in [0.15, 0.2) is 60.7 Å². The van der Waals surface area contributed by atoms with Crippen molar-refractivity contribution < 1.29 is 23.8 Å². The Bertz CT molecular complexity index is 597. The molecule has 0 saturated heterocycles. The minimum atomic E-state index is -3.72. The second-order valence-corrected chi connectivity index (χ2v) is 7.81. The molecule has 0 aliphatic rings. The maximum atomic E-state index is 13.2. The number of aliphatic hydroxyl groups excluding tert-OH is 2. The van der Waals surface area contributed by atoms with Crippen molar-refractivity contribution in [2.45, 2.75) is 31.9 Å². The summed E-state index contributed by atoms with van der Waals surface area (Å²) in [4.78, 5) is 0. The van der Waals surface area contributed by atoms with Crippen molar-refractivity contribution in [2.24, 2.45) is 0 Å². The first kappa shape index (κ1) is 18.8. The van der Waals surface area contributed by atoms with Crippen LogP contribution in [0, 0.1) is 0 Å². The molecule has 0 saturated carbocycles. The van der Waals surface area contributed by atoms with Gasteiger partial charge in [0.1, 0.15) is 5.66 Å². The van der Waals surface area contributed by atoms with Crippen LogP contribution in [0.4, 0.5) is 0 Å². The zero-order valence-corrected chi connectivity index (χ0v) is 14.5. The average Bonchev–Trinajstić information content (AvgIpc) is 2.60.